The van der Waals surface area contributed by atoms with Crippen LogP contribution in [0.1, 0.15) is 11.3 Å². The Morgan fingerprint density at radius 3 is 2.40 bits per heavy atom. The Bertz CT molecular complexity index is 1040. The van der Waals surface area contributed by atoms with Gasteiger partial charge in [-0.2, -0.15) is 0 Å². The highest BCUT2D eigenvalue weighted by Gasteiger charge is 2.07. The van der Waals surface area contributed by atoms with Gasteiger partial charge in [0.1, 0.15) is 0 Å². The quantitative estimate of drug-likeness (QED) is 0.602. The van der Waals surface area contributed by atoms with E-state index in [-0.39, 0.29) is 0 Å². The van der Waals surface area contributed by atoms with E-state index in [1.807, 2.05) is 37.3 Å². The van der Waals surface area contributed by atoms with Crippen molar-refractivity contribution in [3.63, 3.8) is 0 Å². The Kier molecular flexibility index (Phi) is 3.82. The predicted octanol–water partition coefficient (Wildman–Crippen LogP) is 4.45. The average molecular weight is 327 g/mol. The number of anilines is 2. The SMILES string of the molecule is Cc1ccc(-c2ccnc(Nc3nc(C)c4ccccc4n3)n2)cc1. The number of nitrogens with one attached hydrogen (secondary N) is 1. The maximum atomic E-state index is 4.58. The first-order valence-corrected chi connectivity index (χ1v) is 8.09. The molecule has 0 unspecified atom stereocenters. The second-order valence-corrected chi connectivity index (χ2v) is 5.91. The molecule has 0 spiro atoms. The lowest BCUT2D eigenvalue weighted by Crippen LogP contribution is -2.03. The zero-order chi connectivity index (χ0) is 17.2. The smallest absolute Gasteiger partial charge is 0.230 e. The summed E-state index contributed by atoms with van der Waals surface area (Å²) < 4.78 is 0. The Hall–Kier alpha value is -3.34. The van der Waals surface area contributed by atoms with Gasteiger partial charge in [-0.25, -0.2) is 19.9 Å². The first-order valence-electron chi connectivity index (χ1n) is 8.09. The van der Waals surface area contributed by atoms with E-state index in [1.165, 1.54) is 5.56 Å². The average Bonchev–Trinajstić information content (AvgIpc) is 2.63. The van der Waals surface area contributed by atoms with Crippen LogP contribution in [-0.4, -0.2) is 19.9 Å². The van der Waals surface area contributed by atoms with Gasteiger partial charge in [-0.05, 0) is 26.0 Å². The summed E-state index contributed by atoms with van der Waals surface area (Å²) in [5.74, 6) is 0.977. The van der Waals surface area contributed by atoms with E-state index in [2.05, 4.69) is 56.4 Å². The highest BCUT2D eigenvalue weighted by Crippen LogP contribution is 2.21. The Morgan fingerprint density at radius 2 is 1.56 bits per heavy atom. The van der Waals surface area contributed by atoms with Crippen molar-refractivity contribution >= 4 is 22.8 Å². The summed E-state index contributed by atoms with van der Waals surface area (Å²) in [6.07, 6.45) is 1.73. The number of nitrogens with zero attached hydrogens (tertiary/aromatic N) is 4. The van der Waals surface area contributed by atoms with Gasteiger partial charge in [0.25, 0.3) is 0 Å². The van der Waals surface area contributed by atoms with Crippen LogP contribution in [0.5, 0.6) is 0 Å². The van der Waals surface area contributed by atoms with E-state index in [9.17, 15) is 0 Å². The summed E-state index contributed by atoms with van der Waals surface area (Å²) in [6.45, 7) is 4.04. The van der Waals surface area contributed by atoms with Crippen LogP contribution < -0.4 is 5.32 Å². The minimum Gasteiger partial charge on any atom is -0.293 e. The summed E-state index contributed by atoms with van der Waals surface area (Å²) in [5, 5.41) is 4.16. The van der Waals surface area contributed by atoms with Gasteiger partial charge in [-0.1, -0.05) is 48.0 Å². The molecule has 1 N–H and O–H groups in total. The molecule has 0 aliphatic rings. The Labute approximate surface area is 145 Å². The van der Waals surface area contributed by atoms with Crippen molar-refractivity contribution in [3.05, 3.63) is 72.1 Å². The summed E-state index contributed by atoms with van der Waals surface area (Å²) in [6, 6.07) is 18.1. The Morgan fingerprint density at radius 1 is 0.760 bits per heavy atom. The zero-order valence-electron chi connectivity index (χ0n) is 14.1. The minimum atomic E-state index is 0.479. The van der Waals surface area contributed by atoms with Crippen molar-refractivity contribution in [3.8, 4) is 11.3 Å². The van der Waals surface area contributed by atoms with E-state index in [0.717, 1.165) is 27.9 Å². The number of benzene rings is 2. The molecule has 5 nitrogen and oxygen atoms in total. The number of fused-ring (bicyclic) bond motifs is 1. The van der Waals surface area contributed by atoms with Gasteiger partial charge in [0.2, 0.25) is 11.9 Å². The first kappa shape index (κ1) is 15.2. The molecule has 4 aromatic rings. The molecule has 0 fully saturated rings. The monoisotopic (exact) mass is 327 g/mol. The lowest BCUT2D eigenvalue weighted by Gasteiger charge is -2.08. The van der Waals surface area contributed by atoms with Gasteiger partial charge >= 0.3 is 0 Å². The molecular formula is C20H17N5. The van der Waals surface area contributed by atoms with Crippen LogP contribution in [0.3, 0.4) is 0 Å². The molecule has 0 atom stereocenters. The number of aryl methyl sites for hydroxylation is 2. The van der Waals surface area contributed by atoms with Gasteiger partial charge in [0.15, 0.2) is 0 Å². The summed E-state index contributed by atoms with van der Waals surface area (Å²) in [7, 11) is 0. The van der Waals surface area contributed by atoms with Gasteiger partial charge in [-0.15, -0.1) is 0 Å². The fraction of sp³-hybridized carbons (Fsp3) is 0.100. The van der Waals surface area contributed by atoms with Crippen LogP contribution in [0.2, 0.25) is 0 Å². The van der Waals surface area contributed by atoms with Crippen molar-refractivity contribution in [2.75, 3.05) is 5.32 Å². The summed E-state index contributed by atoms with van der Waals surface area (Å²) >= 11 is 0. The van der Waals surface area contributed by atoms with Gasteiger partial charge in [0, 0.05) is 17.1 Å². The third-order valence-corrected chi connectivity index (χ3v) is 4.02. The lowest BCUT2D eigenvalue weighted by atomic mass is 10.1. The van der Waals surface area contributed by atoms with E-state index < -0.39 is 0 Å². The topological polar surface area (TPSA) is 63.6 Å². The largest absolute Gasteiger partial charge is 0.293 e. The van der Waals surface area contributed by atoms with Crippen molar-refractivity contribution in [1.29, 1.82) is 0 Å². The van der Waals surface area contributed by atoms with Crippen molar-refractivity contribution in [2.45, 2.75) is 13.8 Å². The molecule has 0 radical (unpaired) electrons. The molecule has 0 bridgehead atoms. The number of para-hydroxylation sites is 1. The highest BCUT2D eigenvalue weighted by molar-refractivity contribution is 5.81. The molecule has 0 amide bonds. The molecule has 2 aromatic heterocycles. The van der Waals surface area contributed by atoms with Gasteiger partial charge in [-0.3, -0.25) is 5.32 Å². The molecule has 0 saturated carbocycles. The summed E-state index contributed by atoms with van der Waals surface area (Å²) in [4.78, 5) is 17.9. The summed E-state index contributed by atoms with van der Waals surface area (Å²) in [5.41, 5.74) is 4.94. The normalized spacial score (nSPS) is 10.8. The number of hydrogen-bond acceptors (Lipinski definition) is 5. The van der Waals surface area contributed by atoms with E-state index >= 15 is 0 Å². The molecule has 122 valence electrons. The molecule has 5 heteroatoms. The third kappa shape index (κ3) is 3.17. The first-order chi connectivity index (χ1) is 12.2. The second-order valence-electron chi connectivity index (χ2n) is 5.91. The fourth-order valence-corrected chi connectivity index (χ4v) is 2.70. The van der Waals surface area contributed by atoms with Crippen LogP contribution in [0.4, 0.5) is 11.9 Å². The number of rotatable bonds is 3. The molecule has 2 aromatic carbocycles. The number of hydrogen-bond donors (Lipinski definition) is 1. The lowest BCUT2D eigenvalue weighted by molar-refractivity contribution is 1.10. The van der Waals surface area contributed by atoms with E-state index in [0.29, 0.717) is 11.9 Å². The van der Waals surface area contributed by atoms with E-state index in [1.54, 1.807) is 6.20 Å². The standard InChI is InChI=1S/C20H17N5/c1-13-7-9-15(10-8-13)17-11-12-21-19(23-17)25-20-22-14(2)16-5-3-4-6-18(16)24-20/h3-12H,1-2H3,(H,21,22,23,24,25). The number of aromatic nitrogens is 4. The molecule has 0 aliphatic heterocycles. The highest BCUT2D eigenvalue weighted by atomic mass is 15.2. The molecule has 0 aliphatic carbocycles. The molecule has 25 heavy (non-hydrogen) atoms. The second kappa shape index (κ2) is 6.28. The molecule has 2 heterocycles. The van der Waals surface area contributed by atoms with Crippen LogP contribution in [0.25, 0.3) is 22.2 Å². The van der Waals surface area contributed by atoms with Crippen molar-refractivity contribution in [1.82, 2.24) is 19.9 Å². The van der Waals surface area contributed by atoms with Crippen molar-refractivity contribution < 1.29 is 0 Å². The molecule has 4 rings (SSSR count). The maximum Gasteiger partial charge on any atom is 0.230 e. The maximum absolute atomic E-state index is 4.58. The molecular weight excluding hydrogens is 310 g/mol. The third-order valence-electron chi connectivity index (χ3n) is 4.02. The fourth-order valence-electron chi connectivity index (χ4n) is 2.70. The van der Waals surface area contributed by atoms with Gasteiger partial charge < -0.3 is 0 Å². The molecule has 0 saturated heterocycles. The van der Waals surface area contributed by atoms with Crippen LogP contribution in [0, 0.1) is 13.8 Å². The van der Waals surface area contributed by atoms with E-state index in [4.69, 9.17) is 0 Å². The van der Waals surface area contributed by atoms with Gasteiger partial charge in [0.05, 0.1) is 16.9 Å². The van der Waals surface area contributed by atoms with Crippen molar-refractivity contribution in [2.24, 2.45) is 0 Å². The predicted molar refractivity (Wildman–Crippen MR) is 99.8 cm³/mol. The zero-order valence-corrected chi connectivity index (χ0v) is 14.1. The van der Waals surface area contributed by atoms with Crippen LogP contribution in [-0.2, 0) is 0 Å². The van der Waals surface area contributed by atoms with Crippen LogP contribution in [0.15, 0.2) is 60.8 Å². The van der Waals surface area contributed by atoms with Crippen LogP contribution >= 0.6 is 0 Å². The minimum absolute atomic E-state index is 0.479. The Balaban J connectivity index is 1.67.